The highest BCUT2D eigenvalue weighted by molar-refractivity contribution is 8.04. The van der Waals surface area contributed by atoms with Crippen LogP contribution >= 0.6 is 35.0 Å². The van der Waals surface area contributed by atoms with Gasteiger partial charge in [-0.05, 0) is 79.9 Å². The quantitative estimate of drug-likeness (QED) is 0.401. The van der Waals surface area contributed by atoms with Gasteiger partial charge in [-0.25, -0.2) is 4.90 Å². The van der Waals surface area contributed by atoms with E-state index in [4.69, 9.17) is 23.2 Å². The fraction of sp³-hybridized carbons (Fsp3) is 0.120. The van der Waals surface area contributed by atoms with Crippen molar-refractivity contribution >= 4 is 58.2 Å². The first-order valence-corrected chi connectivity index (χ1v) is 11.5. The van der Waals surface area contributed by atoms with E-state index >= 15 is 0 Å². The number of aryl methyl sites for hydroxylation is 2. The highest BCUT2D eigenvalue weighted by Gasteiger charge is 2.41. The SMILES string of the molecule is Cc1ccc(NC2=C(Sc3ccc(Cl)cc3)C(=O)N(c3cccc(C)c3C)C2=O)cc1Cl. The van der Waals surface area contributed by atoms with Crippen molar-refractivity contribution in [1.29, 1.82) is 0 Å². The summed E-state index contributed by atoms with van der Waals surface area (Å²) in [6, 6.07) is 18.2. The molecule has 0 saturated heterocycles. The number of hydrogen-bond donors (Lipinski definition) is 1. The predicted octanol–water partition coefficient (Wildman–Crippen LogP) is 6.91. The zero-order valence-corrected chi connectivity index (χ0v) is 20.0. The molecule has 0 unspecified atom stereocenters. The summed E-state index contributed by atoms with van der Waals surface area (Å²) in [5.41, 5.74) is 4.23. The molecule has 1 aliphatic heterocycles. The lowest BCUT2D eigenvalue weighted by atomic mass is 10.1. The molecule has 0 atom stereocenters. The highest BCUT2D eigenvalue weighted by Crippen LogP contribution is 2.39. The minimum atomic E-state index is -0.406. The smallest absolute Gasteiger partial charge is 0.283 e. The van der Waals surface area contributed by atoms with E-state index in [-0.39, 0.29) is 11.6 Å². The molecule has 0 bridgehead atoms. The molecule has 3 aromatic rings. The molecule has 0 saturated carbocycles. The summed E-state index contributed by atoms with van der Waals surface area (Å²) in [5.74, 6) is -0.777. The number of nitrogens with zero attached hydrogens (tertiary/aromatic N) is 1. The third kappa shape index (κ3) is 4.29. The van der Waals surface area contributed by atoms with Crippen LogP contribution in [0.5, 0.6) is 0 Å². The van der Waals surface area contributed by atoms with E-state index < -0.39 is 5.91 Å². The maximum absolute atomic E-state index is 13.5. The lowest BCUT2D eigenvalue weighted by Gasteiger charge is -2.19. The number of halogens is 2. The van der Waals surface area contributed by atoms with Crippen LogP contribution in [-0.4, -0.2) is 11.8 Å². The average molecular weight is 483 g/mol. The number of benzene rings is 3. The van der Waals surface area contributed by atoms with Crippen LogP contribution in [0.15, 0.2) is 76.2 Å². The molecule has 2 amide bonds. The van der Waals surface area contributed by atoms with E-state index in [1.165, 1.54) is 16.7 Å². The molecular weight excluding hydrogens is 463 g/mol. The third-order valence-corrected chi connectivity index (χ3v) is 7.08. The van der Waals surface area contributed by atoms with Gasteiger partial charge in [0.2, 0.25) is 0 Å². The fourth-order valence-corrected chi connectivity index (χ4v) is 4.58. The summed E-state index contributed by atoms with van der Waals surface area (Å²) in [7, 11) is 0. The van der Waals surface area contributed by atoms with Crippen molar-refractivity contribution in [3.05, 3.63) is 98.0 Å². The van der Waals surface area contributed by atoms with E-state index in [1.54, 1.807) is 24.3 Å². The maximum Gasteiger partial charge on any atom is 0.283 e. The van der Waals surface area contributed by atoms with Gasteiger partial charge in [0.25, 0.3) is 11.8 Å². The van der Waals surface area contributed by atoms with Crippen molar-refractivity contribution in [2.75, 3.05) is 10.2 Å². The van der Waals surface area contributed by atoms with E-state index in [1.807, 2.05) is 57.2 Å². The minimum Gasteiger partial charge on any atom is -0.350 e. The Morgan fingerprint density at radius 1 is 0.844 bits per heavy atom. The standard InChI is InChI=1S/C25H20Cl2N2O2S/c1-14-5-4-6-21(16(14)3)29-24(30)22(28-18-10-7-15(2)20(27)13-18)23(25(29)31)32-19-11-8-17(26)9-12-19/h4-13,28H,1-3H3. The summed E-state index contributed by atoms with van der Waals surface area (Å²) in [4.78, 5) is 29.4. The Kier molecular flexibility index (Phi) is 6.33. The van der Waals surface area contributed by atoms with Gasteiger partial charge in [0.15, 0.2) is 0 Å². The van der Waals surface area contributed by atoms with Crippen molar-refractivity contribution < 1.29 is 9.59 Å². The average Bonchev–Trinajstić information content (AvgIpc) is 2.98. The largest absolute Gasteiger partial charge is 0.350 e. The van der Waals surface area contributed by atoms with E-state index in [9.17, 15) is 9.59 Å². The van der Waals surface area contributed by atoms with Gasteiger partial charge in [-0.2, -0.15) is 0 Å². The predicted molar refractivity (Wildman–Crippen MR) is 133 cm³/mol. The fourth-order valence-electron chi connectivity index (χ4n) is 3.35. The van der Waals surface area contributed by atoms with Crippen LogP contribution in [0.25, 0.3) is 0 Å². The molecule has 1 aliphatic rings. The molecule has 1 heterocycles. The number of hydrogen-bond acceptors (Lipinski definition) is 4. The van der Waals surface area contributed by atoms with Crippen LogP contribution in [-0.2, 0) is 9.59 Å². The molecule has 0 radical (unpaired) electrons. The van der Waals surface area contributed by atoms with Gasteiger partial charge < -0.3 is 5.32 Å². The first-order chi connectivity index (χ1) is 15.3. The van der Waals surface area contributed by atoms with Gasteiger partial charge in [-0.15, -0.1) is 0 Å². The summed E-state index contributed by atoms with van der Waals surface area (Å²) >= 11 is 13.5. The van der Waals surface area contributed by atoms with Crippen LogP contribution < -0.4 is 10.2 Å². The zero-order valence-electron chi connectivity index (χ0n) is 17.7. The molecule has 3 aromatic carbocycles. The third-order valence-electron chi connectivity index (χ3n) is 5.33. The van der Waals surface area contributed by atoms with E-state index in [0.29, 0.717) is 26.3 Å². The van der Waals surface area contributed by atoms with E-state index in [2.05, 4.69) is 5.32 Å². The molecular formula is C25H20Cl2N2O2S. The molecule has 32 heavy (non-hydrogen) atoms. The molecule has 162 valence electrons. The van der Waals surface area contributed by atoms with Crippen LogP contribution in [0.2, 0.25) is 10.0 Å². The number of rotatable bonds is 5. The van der Waals surface area contributed by atoms with Gasteiger partial charge in [0, 0.05) is 20.6 Å². The number of imide groups is 1. The van der Waals surface area contributed by atoms with Gasteiger partial charge >= 0.3 is 0 Å². The van der Waals surface area contributed by atoms with Gasteiger partial charge in [0.05, 0.1) is 5.69 Å². The van der Waals surface area contributed by atoms with Crippen LogP contribution in [0, 0.1) is 20.8 Å². The number of amides is 2. The topological polar surface area (TPSA) is 49.4 Å². The monoisotopic (exact) mass is 482 g/mol. The van der Waals surface area contributed by atoms with Crippen molar-refractivity contribution in [1.82, 2.24) is 0 Å². The lowest BCUT2D eigenvalue weighted by molar-refractivity contribution is -0.120. The second kappa shape index (κ2) is 9.02. The molecule has 0 fully saturated rings. The number of anilines is 2. The number of thioether (sulfide) groups is 1. The van der Waals surface area contributed by atoms with Crippen LogP contribution in [0.4, 0.5) is 11.4 Å². The molecule has 0 aromatic heterocycles. The highest BCUT2D eigenvalue weighted by atomic mass is 35.5. The summed E-state index contributed by atoms with van der Waals surface area (Å²) in [5, 5.41) is 4.31. The Bertz CT molecular complexity index is 1270. The second-order valence-corrected chi connectivity index (χ2v) is 9.44. The molecule has 0 aliphatic carbocycles. The van der Waals surface area contributed by atoms with Gasteiger partial charge in [-0.1, -0.05) is 53.2 Å². The van der Waals surface area contributed by atoms with Crippen molar-refractivity contribution in [2.24, 2.45) is 0 Å². The van der Waals surface area contributed by atoms with Crippen molar-refractivity contribution in [3.8, 4) is 0 Å². The van der Waals surface area contributed by atoms with Gasteiger partial charge in [-0.3, -0.25) is 9.59 Å². The Morgan fingerprint density at radius 2 is 1.56 bits per heavy atom. The zero-order chi connectivity index (χ0) is 23.0. The molecule has 4 nitrogen and oxygen atoms in total. The van der Waals surface area contributed by atoms with Crippen LogP contribution in [0.1, 0.15) is 16.7 Å². The first kappa shape index (κ1) is 22.5. The summed E-state index contributed by atoms with van der Waals surface area (Å²) < 4.78 is 0. The Labute approximate surface area is 201 Å². The minimum absolute atomic E-state index is 0.218. The Balaban J connectivity index is 1.78. The lowest BCUT2D eigenvalue weighted by Crippen LogP contribution is -2.33. The first-order valence-electron chi connectivity index (χ1n) is 9.92. The molecule has 7 heteroatoms. The van der Waals surface area contributed by atoms with Crippen molar-refractivity contribution in [2.45, 2.75) is 25.7 Å². The number of carbonyl (C=O) groups excluding carboxylic acids is 2. The number of carbonyl (C=O) groups is 2. The Hall–Kier alpha value is -2.73. The summed E-state index contributed by atoms with van der Waals surface area (Å²) in [6.07, 6.45) is 0. The normalized spacial score (nSPS) is 13.8. The van der Waals surface area contributed by atoms with E-state index in [0.717, 1.165) is 21.6 Å². The molecule has 1 N–H and O–H groups in total. The summed E-state index contributed by atoms with van der Waals surface area (Å²) in [6.45, 7) is 5.76. The Morgan fingerprint density at radius 3 is 2.25 bits per heavy atom. The molecule has 4 rings (SSSR count). The second-order valence-electron chi connectivity index (χ2n) is 7.51. The van der Waals surface area contributed by atoms with Crippen LogP contribution in [0.3, 0.4) is 0 Å². The molecule has 0 spiro atoms. The van der Waals surface area contributed by atoms with Gasteiger partial charge in [0.1, 0.15) is 10.6 Å². The van der Waals surface area contributed by atoms with Crippen molar-refractivity contribution in [3.63, 3.8) is 0 Å². The number of nitrogens with one attached hydrogen (secondary N) is 1. The maximum atomic E-state index is 13.5.